The van der Waals surface area contributed by atoms with Crippen LogP contribution >= 0.6 is 0 Å². The van der Waals surface area contributed by atoms with E-state index in [0.717, 1.165) is 10.8 Å². The van der Waals surface area contributed by atoms with Gasteiger partial charge in [0.2, 0.25) is 5.43 Å². The molecule has 0 saturated carbocycles. The lowest BCUT2D eigenvalue weighted by Crippen LogP contribution is -2.49. The Morgan fingerprint density at radius 1 is 1.00 bits per heavy atom. The van der Waals surface area contributed by atoms with Crippen molar-refractivity contribution in [2.75, 3.05) is 13.1 Å². The summed E-state index contributed by atoms with van der Waals surface area (Å²) in [7, 11) is 0. The normalized spacial score (nSPS) is 15.9. The molecule has 2 heterocycles. The van der Waals surface area contributed by atoms with E-state index in [4.69, 9.17) is 0 Å². The zero-order valence-electron chi connectivity index (χ0n) is 17.6. The highest BCUT2D eigenvalue weighted by Crippen LogP contribution is 2.40. The number of hydrogen-bond donors (Lipinski definition) is 2. The van der Waals surface area contributed by atoms with E-state index in [1.54, 1.807) is 60.7 Å². The van der Waals surface area contributed by atoms with Crippen molar-refractivity contribution < 1.29 is 33.0 Å². The van der Waals surface area contributed by atoms with E-state index >= 15 is 0 Å². The fourth-order valence-electron chi connectivity index (χ4n) is 4.37. The van der Waals surface area contributed by atoms with Crippen molar-refractivity contribution in [2.45, 2.75) is 18.1 Å². The summed E-state index contributed by atoms with van der Waals surface area (Å²) in [5.74, 6) is -4.66. The number of amides is 1. The Bertz CT molecular complexity index is 1250. The molecule has 0 unspecified atom stereocenters. The molecule has 0 aliphatic carbocycles. The largest absolute Gasteiger partial charge is 0.503 e. The molecule has 34 heavy (non-hydrogen) atoms. The third-order valence-corrected chi connectivity index (χ3v) is 5.77. The molecule has 0 spiro atoms. The number of carboxylic acids is 1. The lowest BCUT2D eigenvalue weighted by atomic mass is 9.83. The molecule has 2 N–H and O–H groups in total. The van der Waals surface area contributed by atoms with Gasteiger partial charge in [-0.25, -0.2) is 4.79 Å². The maximum Gasteiger partial charge on any atom is 0.406 e. The molecule has 1 aliphatic heterocycles. The van der Waals surface area contributed by atoms with Crippen LogP contribution in [0.25, 0.3) is 0 Å². The Labute approximate surface area is 191 Å². The Balaban J connectivity index is 2.00. The first-order valence-electron chi connectivity index (χ1n) is 10.3. The van der Waals surface area contributed by atoms with Crippen LogP contribution in [-0.2, 0) is 0 Å². The van der Waals surface area contributed by atoms with E-state index in [0.29, 0.717) is 16.0 Å². The molecule has 0 radical (unpaired) electrons. The molecule has 7 nitrogen and oxygen atoms in total. The number of rotatable bonds is 5. The van der Waals surface area contributed by atoms with Crippen molar-refractivity contribution in [3.8, 4) is 5.75 Å². The smallest absolute Gasteiger partial charge is 0.406 e. The van der Waals surface area contributed by atoms with E-state index in [1.807, 2.05) is 0 Å². The van der Waals surface area contributed by atoms with Crippen LogP contribution < -0.4 is 5.43 Å². The van der Waals surface area contributed by atoms with Crippen molar-refractivity contribution in [3.63, 3.8) is 0 Å². The molecule has 1 atom stereocenters. The first-order chi connectivity index (χ1) is 16.1. The highest BCUT2D eigenvalue weighted by molar-refractivity contribution is 5.97. The molecule has 0 bridgehead atoms. The molecule has 1 amide bonds. The predicted octanol–water partition coefficient (Wildman–Crippen LogP) is 3.64. The molecule has 2 aromatic carbocycles. The number of fused-ring (bicyclic) bond motifs is 1. The molecule has 176 valence electrons. The van der Waals surface area contributed by atoms with Crippen LogP contribution in [0.2, 0.25) is 0 Å². The minimum Gasteiger partial charge on any atom is -0.503 e. The summed E-state index contributed by atoms with van der Waals surface area (Å²) in [6, 6.07) is 16.6. The van der Waals surface area contributed by atoms with E-state index in [1.165, 1.54) is 0 Å². The van der Waals surface area contributed by atoms with Gasteiger partial charge in [0.25, 0.3) is 5.91 Å². The zero-order chi connectivity index (χ0) is 24.6. The third-order valence-electron chi connectivity index (χ3n) is 5.77. The average Bonchev–Trinajstić information content (AvgIpc) is 2.79. The lowest BCUT2D eigenvalue weighted by molar-refractivity contribution is -0.142. The maximum absolute atomic E-state index is 13.3. The van der Waals surface area contributed by atoms with Crippen molar-refractivity contribution in [3.05, 3.63) is 99.5 Å². The van der Waals surface area contributed by atoms with Crippen LogP contribution in [0.15, 0.2) is 71.7 Å². The fourth-order valence-corrected chi connectivity index (χ4v) is 4.37. The van der Waals surface area contributed by atoms with Gasteiger partial charge in [0.15, 0.2) is 11.4 Å². The van der Waals surface area contributed by atoms with Crippen LogP contribution in [0.5, 0.6) is 5.75 Å². The molecular formula is C24H19F3N2O5. The van der Waals surface area contributed by atoms with Crippen LogP contribution in [0.3, 0.4) is 0 Å². The molecular weight excluding hydrogens is 453 g/mol. The molecule has 3 aromatic rings. The average molecular weight is 472 g/mol. The minimum absolute atomic E-state index is 0.429. The number of aromatic hydroxyl groups is 1. The van der Waals surface area contributed by atoms with Crippen LogP contribution in [0.1, 0.15) is 43.9 Å². The van der Waals surface area contributed by atoms with Gasteiger partial charge in [-0.05, 0) is 11.1 Å². The molecule has 10 heteroatoms. The molecule has 0 saturated heterocycles. The number of alkyl halides is 3. The second-order valence-electron chi connectivity index (χ2n) is 7.95. The number of benzene rings is 2. The predicted molar refractivity (Wildman–Crippen MR) is 115 cm³/mol. The third kappa shape index (κ3) is 4.26. The summed E-state index contributed by atoms with van der Waals surface area (Å²) in [5, 5.41) is 19.9. The molecule has 1 aliphatic rings. The van der Waals surface area contributed by atoms with Gasteiger partial charge in [0, 0.05) is 18.7 Å². The number of nitrogens with zero attached hydrogens (tertiary/aromatic N) is 2. The number of carboxylic acid groups (broad SMARTS) is 1. The van der Waals surface area contributed by atoms with Gasteiger partial charge in [-0.1, -0.05) is 60.7 Å². The monoisotopic (exact) mass is 472 g/mol. The van der Waals surface area contributed by atoms with Gasteiger partial charge in [-0.15, -0.1) is 0 Å². The van der Waals surface area contributed by atoms with Gasteiger partial charge >= 0.3 is 12.1 Å². The Morgan fingerprint density at radius 2 is 1.53 bits per heavy atom. The number of hydrogen-bond acceptors (Lipinski definition) is 4. The second kappa shape index (κ2) is 8.69. The van der Waals surface area contributed by atoms with Crippen molar-refractivity contribution in [1.29, 1.82) is 0 Å². The summed E-state index contributed by atoms with van der Waals surface area (Å²) in [6.07, 6.45) is -3.81. The summed E-state index contributed by atoms with van der Waals surface area (Å²) in [5.41, 5.74) is -1.41. The maximum atomic E-state index is 13.3. The molecule has 0 fully saturated rings. The van der Waals surface area contributed by atoms with Gasteiger partial charge in [0.1, 0.15) is 12.1 Å². The first-order valence-corrected chi connectivity index (χ1v) is 10.3. The summed E-state index contributed by atoms with van der Waals surface area (Å²) in [4.78, 5) is 37.5. The lowest BCUT2D eigenvalue weighted by Gasteiger charge is -2.40. The second-order valence-corrected chi connectivity index (χ2v) is 7.95. The number of aromatic nitrogens is 1. The number of aromatic carboxylic acids is 1. The minimum atomic E-state index is -4.73. The summed E-state index contributed by atoms with van der Waals surface area (Å²) in [6.45, 7) is -2.02. The van der Waals surface area contributed by atoms with E-state index < -0.39 is 65.5 Å². The van der Waals surface area contributed by atoms with Crippen LogP contribution in [0, 0.1) is 0 Å². The Hall–Kier alpha value is -4.08. The van der Waals surface area contributed by atoms with E-state index in [9.17, 15) is 37.8 Å². The standard InChI is InChI=1S/C24H19F3N2O5/c25-24(26,27)13-28-12-17(18(14-7-3-1-4-8-14)15-9-5-2-6-10-15)29-11-16(23(33)34)20(30)21(31)19(29)22(28)32/h1-11,17-18,31H,12-13H2,(H,33,34)/t17-/m1/s1. The summed E-state index contributed by atoms with van der Waals surface area (Å²) >= 11 is 0. The fraction of sp³-hybridized carbons (Fsp3) is 0.208. The zero-order valence-corrected chi connectivity index (χ0v) is 17.6. The highest BCUT2D eigenvalue weighted by Gasteiger charge is 2.43. The number of carbonyl (C=O) groups excluding carboxylic acids is 1. The van der Waals surface area contributed by atoms with Crippen LogP contribution in [-0.4, -0.2) is 50.8 Å². The summed E-state index contributed by atoms with van der Waals surface area (Å²) < 4.78 is 41.1. The number of pyridine rings is 1. The quantitative estimate of drug-likeness (QED) is 0.591. The van der Waals surface area contributed by atoms with E-state index in [-0.39, 0.29) is 0 Å². The van der Waals surface area contributed by atoms with Crippen molar-refractivity contribution in [2.24, 2.45) is 0 Å². The van der Waals surface area contributed by atoms with Gasteiger partial charge < -0.3 is 19.7 Å². The van der Waals surface area contributed by atoms with Crippen LogP contribution in [0.4, 0.5) is 13.2 Å². The van der Waals surface area contributed by atoms with Gasteiger partial charge in [-0.2, -0.15) is 13.2 Å². The van der Waals surface area contributed by atoms with Gasteiger partial charge in [0.05, 0.1) is 6.04 Å². The number of carbonyl (C=O) groups is 2. The van der Waals surface area contributed by atoms with E-state index in [2.05, 4.69) is 0 Å². The first kappa shape index (κ1) is 23.1. The molecule has 4 rings (SSSR count). The number of halogens is 3. The SMILES string of the molecule is O=C(O)c1cn2c(c(O)c1=O)C(=O)N(CC(F)(F)F)C[C@@H]2C(c1ccccc1)c1ccccc1. The Kier molecular flexibility index (Phi) is 5.90. The highest BCUT2D eigenvalue weighted by atomic mass is 19.4. The van der Waals surface area contributed by atoms with Gasteiger partial charge in [-0.3, -0.25) is 9.59 Å². The Morgan fingerprint density at radius 3 is 2.00 bits per heavy atom. The van der Waals surface area contributed by atoms with Crippen molar-refractivity contribution >= 4 is 11.9 Å². The topological polar surface area (TPSA) is 99.8 Å². The molecule has 1 aromatic heterocycles. The van der Waals surface area contributed by atoms with Crippen molar-refractivity contribution in [1.82, 2.24) is 9.47 Å².